The van der Waals surface area contributed by atoms with E-state index < -0.39 is 0 Å². The zero-order chi connectivity index (χ0) is 20.2. The molecule has 4 aromatic rings. The van der Waals surface area contributed by atoms with E-state index in [0.29, 0.717) is 35.3 Å². The summed E-state index contributed by atoms with van der Waals surface area (Å²) in [5.41, 5.74) is 2.26. The van der Waals surface area contributed by atoms with Crippen molar-refractivity contribution < 1.29 is 13.9 Å². The van der Waals surface area contributed by atoms with Crippen molar-refractivity contribution in [3.8, 4) is 10.8 Å². The molecule has 0 aliphatic carbocycles. The molecule has 0 spiro atoms. The molecule has 0 atom stereocenters. The fourth-order valence-electron chi connectivity index (χ4n) is 3.00. The van der Waals surface area contributed by atoms with E-state index in [1.165, 1.54) is 22.2 Å². The predicted octanol–water partition coefficient (Wildman–Crippen LogP) is 3.95. The van der Waals surface area contributed by atoms with Crippen molar-refractivity contribution in [2.75, 3.05) is 0 Å². The van der Waals surface area contributed by atoms with Crippen LogP contribution in [0, 0.1) is 6.92 Å². The number of aryl methyl sites for hydroxylation is 2. The minimum absolute atomic E-state index is 0.0972. The van der Waals surface area contributed by atoms with E-state index in [4.69, 9.17) is 9.15 Å². The third-order valence-corrected chi connectivity index (χ3v) is 5.41. The number of aromatic nitrogens is 3. The van der Waals surface area contributed by atoms with Gasteiger partial charge in [0.15, 0.2) is 10.8 Å². The molecule has 0 amide bonds. The van der Waals surface area contributed by atoms with Gasteiger partial charge < -0.3 is 9.15 Å². The lowest BCUT2D eigenvalue weighted by molar-refractivity contribution is -0.145. The SMILES string of the molecule is Cc1cccc2c(=O)n(CCCC(=O)OCc3csc(-c4ccco4)n3)cnc12. The smallest absolute Gasteiger partial charge is 0.306 e. The van der Waals surface area contributed by atoms with Crippen molar-refractivity contribution in [3.63, 3.8) is 0 Å². The maximum atomic E-state index is 12.6. The molecule has 0 aliphatic heterocycles. The van der Waals surface area contributed by atoms with Crippen LogP contribution in [0.15, 0.2) is 57.5 Å². The Morgan fingerprint density at radius 3 is 3.00 bits per heavy atom. The number of nitrogens with zero attached hydrogens (tertiary/aromatic N) is 3. The summed E-state index contributed by atoms with van der Waals surface area (Å²) in [7, 11) is 0. The summed E-state index contributed by atoms with van der Waals surface area (Å²) in [5.74, 6) is 0.368. The Morgan fingerprint density at radius 2 is 2.17 bits per heavy atom. The predicted molar refractivity (Wildman–Crippen MR) is 110 cm³/mol. The first-order valence-corrected chi connectivity index (χ1v) is 10.1. The number of carbonyl (C=O) groups excluding carboxylic acids is 1. The topological polar surface area (TPSA) is 87.2 Å². The maximum absolute atomic E-state index is 12.6. The number of benzene rings is 1. The first-order valence-electron chi connectivity index (χ1n) is 9.20. The highest BCUT2D eigenvalue weighted by atomic mass is 32.1. The van der Waals surface area contributed by atoms with Gasteiger partial charge in [-0.2, -0.15) is 0 Å². The number of furan rings is 1. The van der Waals surface area contributed by atoms with Gasteiger partial charge in [-0.1, -0.05) is 12.1 Å². The number of ether oxygens (including phenoxy) is 1. The molecule has 0 saturated heterocycles. The molecule has 7 nitrogen and oxygen atoms in total. The highest BCUT2D eigenvalue weighted by Crippen LogP contribution is 2.24. The van der Waals surface area contributed by atoms with E-state index in [-0.39, 0.29) is 24.6 Å². The standard InChI is InChI=1S/C21H19N3O4S/c1-14-5-2-6-16-19(14)22-13-24(21(16)26)9-3-8-18(25)28-11-15-12-29-20(23-15)17-7-4-10-27-17/h2,4-7,10,12-13H,3,8-9,11H2,1H3. The van der Waals surface area contributed by atoms with Crippen LogP contribution in [0.2, 0.25) is 0 Å². The van der Waals surface area contributed by atoms with Gasteiger partial charge in [0.05, 0.1) is 29.2 Å². The Bertz CT molecular complexity index is 1190. The number of para-hydroxylation sites is 1. The number of thiazole rings is 1. The van der Waals surface area contributed by atoms with Gasteiger partial charge in [0.25, 0.3) is 5.56 Å². The molecule has 0 fully saturated rings. The Balaban J connectivity index is 1.29. The van der Waals surface area contributed by atoms with Crippen LogP contribution in [0.4, 0.5) is 0 Å². The molecule has 0 radical (unpaired) electrons. The van der Waals surface area contributed by atoms with E-state index in [2.05, 4.69) is 9.97 Å². The van der Waals surface area contributed by atoms with Crippen LogP contribution in [-0.2, 0) is 22.7 Å². The quantitative estimate of drug-likeness (QED) is 0.430. The van der Waals surface area contributed by atoms with Crippen LogP contribution < -0.4 is 5.56 Å². The average Bonchev–Trinajstić information content (AvgIpc) is 3.40. The summed E-state index contributed by atoms with van der Waals surface area (Å²) in [6.07, 6.45) is 3.84. The zero-order valence-electron chi connectivity index (χ0n) is 15.8. The van der Waals surface area contributed by atoms with Crippen molar-refractivity contribution in [3.05, 3.63) is 69.9 Å². The van der Waals surface area contributed by atoms with Gasteiger partial charge in [0, 0.05) is 18.3 Å². The maximum Gasteiger partial charge on any atom is 0.306 e. The highest BCUT2D eigenvalue weighted by Gasteiger charge is 2.10. The number of fused-ring (bicyclic) bond motifs is 1. The molecule has 0 bridgehead atoms. The monoisotopic (exact) mass is 409 g/mol. The second-order valence-corrected chi connectivity index (χ2v) is 7.46. The van der Waals surface area contributed by atoms with E-state index in [0.717, 1.165) is 10.6 Å². The van der Waals surface area contributed by atoms with Gasteiger partial charge in [-0.05, 0) is 37.1 Å². The molecule has 148 valence electrons. The van der Waals surface area contributed by atoms with Crippen molar-refractivity contribution >= 4 is 28.2 Å². The minimum atomic E-state index is -0.324. The van der Waals surface area contributed by atoms with E-state index in [1.54, 1.807) is 18.4 Å². The summed E-state index contributed by atoms with van der Waals surface area (Å²) in [5, 5.41) is 3.18. The van der Waals surface area contributed by atoms with Gasteiger partial charge in [-0.25, -0.2) is 9.97 Å². The summed E-state index contributed by atoms with van der Waals surface area (Å²) in [6, 6.07) is 9.17. The first kappa shape index (κ1) is 19.1. The van der Waals surface area contributed by atoms with Gasteiger partial charge >= 0.3 is 5.97 Å². The minimum Gasteiger partial charge on any atom is -0.462 e. The molecule has 0 unspecified atom stereocenters. The molecule has 8 heteroatoms. The molecule has 29 heavy (non-hydrogen) atoms. The molecule has 0 saturated carbocycles. The molecule has 1 aromatic carbocycles. The van der Waals surface area contributed by atoms with Crippen LogP contribution in [-0.4, -0.2) is 20.5 Å². The lowest BCUT2D eigenvalue weighted by atomic mass is 10.1. The van der Waals surface area contributed by atoms with Crippen LogP contribution in [0.1, 0.15) is 24.1 Å². The van der Waals surface area contributed by atoms with E-state index >= 15 is 0 Å². The Morgan fingerprint density at radius 1 is 1.28 bits per heavy atom. The lowest BCUT2D eigenvalue weighted by Gasteiger charge is -2.07. The molecule has 0 aliphatic rings. The Hall–Kier alpha value is -3.26. The van der Waals surface area contributed by atoms with Crippen LogP contribution in [0.25, 0.3) is 21.7 Å². The van der Waals surface area contributed by atoms with Crippen LogP contribution >= 0.6 is 11.3 Å². The molecular weight excluding hydrogens is 390 g/mol. The second-order valence-electron chi connectivity index (χ2n) is 6.60. The molecular formula is C21H19N3O4S. The largest absolute Gasteiger partial charge is 0.462 e. The molecule has 3 aromatic heterocycles. The van der Waals surface area contributed by atoms with Crippen molar-refractivity contribution in [1.82, 2.24) is 14.5 Å². The zero-order valence-corrected chi connectivity index (χ0v) is 16.6. The molecule has 0 N–H and O–H groups in total. The third kappa shape index (κ3) is 4.27. The number of hydrogen-bond donors (Lipinski definition) is 0. The first-order chi connectivity index (χ1) is 14.1. The Labute approximate surface area is 170 Å². The molecule has 3 heterocycles. The van der Waals surface area contributed by atoms with E-state index in [9.17, 15) is 9.59 Å². The Kier molecular flexibility index (Phi) is 5.53. The average molecular weight is 409 g/mol. The number of esters is 1. The van der Waals surface area contributed by atoms with Gasteiger partial charge in [-0.3, -0.25) is 14.2 Å². The van der Waals surface area contributed by atoms with Crippen LogP contribution in [0.3, 0.4) is 0 Å². The lowest BCUT2D eigenvalue weighted by Crippen LogP contribution is -2.21. The van der Waals surface area contributed by atoms with Crippen molar-refractivity contribution in [2.45, 2.75) is 32.9 Å². The summed E-state index contributed by atoms with van der Waals surface area (Å²) in [6.45, 7) is 2.45. The van der Waals surface area contributed by atoms with Gasteiger partial charge in [-0.15, -0.1) is 11.3 Å². The normalized spacial score (nSPS) is 11.1. The fourth-order valence-corrected chi connectivity index (χ4v) is 3.77. The number of hydrogen-bond acceptors (Lipinski definition) is 7. The molecule has 4 rings (SSSR count). The van der Waals surface area contributed by atoms with Gasteiger partial charge in [0.2, 0.25) is 0 Å². The number of rotatable bonds is 7. The summed E-state index contributed by atoms with van der Waals surface area (Å²) in [4.78, 5) is 33.3. The van der Waals surface area contributed by atoms with Gasteiger partial charge in [0.1, 0.15) is 6.61 Å². The second kappa shape index (κ2) is 8.40. The highest BCUT2D eigenvalue weighted by molar-refractivity contribution is 7.13. The van der Waals surface area contributed by atoms with Crippen LogP contribution in [0.5, 0.6) is 0 Å². The summed E-state index contributed by atoms with van der Waals surface area (Å²) < 4.78 is 12.1. The number of carbonyl (C=O) groups is 1. The summed E-state index contributed by atoms with van der Waals surface area (Å²) >= 11 is 1.44. The fraction of sp³-hybridized carbons (Fsp3) is 0.238. The van der Waals surface area contributed by atoms with E-state index in [1.807, 2.05) is 30.5 Å². The van der Waals surface area contributed by atoms with Crippen molar-refractivity contribution in [1.29, 1.82) is 0 Å². The third-order valence-electron chi connectivity index (χ3n) is 4.50. The van der Waals surface area contributed by atoms with Crippen molar-refractivity contribution in [2.24, 2.45) is 0 Å².